The van der Waals surface area contributed by atoms with E-state index in [0.29, 0.717) is 5.11 Å². The number of hydrogen-bond acceptors (Lipinski definition) is 3. The first kappa shape index (κ1) is 16.7. The lowest BCUT2D eigenvalue weighted by Crippen LogP contribution is -2.36. The summed E-state index contributed by atoms with van der Waals surface area (Å²) in [5.41, 5.74) is 4.51. The van der Waals surface area contributed by atoms with Gasteiger partial charge < -0.3 is 20.3 Å². The first-order valence-corrected chi connectivity index (χ1v) is 8.75. The second kappa shape index (κ2) is 8.13. The van der Waals surface area contributed by atoms with Crippen molar-refractivity contribution >= 4 is 34.4 Å². The third kappa shape index (κ3) is 4.46. The SMILES string of the molecule is CCc1ccc(NC(=S)Nc2ccc(N3CCOCC3)cc2)cc1. The highest BCUT2D eigenvalue weighted by Crippen LogP contribution is 2.19. The van der Waals surface area contributed by atoms with Gasteiger partial charge in [-0.3, -0.25) is 0 Å². The number of benzene rings is 2. The largest absolute Gasteiger partial charge is 0.378 e. The van der Waals surface area contributed by atoms with Crippen LogP contribution in [-0.2, 0) is 11.2 Å². The van der Waals surface area contributed by atoms with Crippen LogP contribution in [-0.4, -0.2) is 31.4 Å². The summed E-state index contributed by atoms with van der Waals surface area (Å²) < 4.78 is 5.39. The topological polar surface area (TPSA) is 36.5 Å². The van der Waals surface area contributed by atoms with Gasteiger partial charge in [0.05, 0.1) is 13.2 Å². The van der Waals surface area contributed by atoms with Gasteiger partial charge in [-0.1, -0.05) is 19.1 Å². The third-order valence-corrected chi connectivity index (χ3v) is 4.33. The molecule has 4 nitrogen and oxygen atoms in total. The lowest BCUT2D eigenvalue weighted by molar-refractivity contribution is 0.122. The summed E-state index contributed by atoms with van der Waals surface area (Å²) in [5.74, 6) is 0. The zero-order valence-electron chi connectivity index (χ0n) is 13.9. The Balaban J connectivity index is 1.55. The van der Waals surface area contributed by atoms with Gasteiger partial charge in [-0.05, 0) is 60.6 Å². The van der Waals surface area contributed by atoms with Crippen LogP contribution in [0.2, 0.25) is 0 Å². The summed E-state index contributed by atoms with van der Waals surface area (Å²) in [4.78, 5) is 2.33. The van der Waals surface area contributed by atoms with Crippen molar-refractivity contribution in [2.75, 3.05) is 41.8 Å². The van der Waals surface area contributed by atoms with Crippen molar-refractivity contribution in [3.05, 3.63) is 54.1 Å². The summed E-state index contributed by atoms with van der Waals surface area (Å²) in [7, 11) is 0. The Kier molecular flexibility index (Phi) is 5.67. The number of ether oxygens (including phenoxy) is 1. The Morgan fingerprint density at radius 1 is 0.958 bits per heavy atom. The molecule has 1 heterocycles. The van der Waals surface area contributed by atoms with Gasteiger partial charge in [-0.15, -0.1) is 0 Å². The van der Waals surface area contributed by atoms with E-state index in [1.807, 2.05) is 12.1 Å². The molecule has 0 saturated carbocycles. The van der Waals surface area contributed by atoms with Crippen LogP contribution >= 0.6 is 12.2 Å². The van der Waals surface area contributed by atoms with Gasteiger partial charge in [0.1, 0.15) is 0 Å². The van der Waals surface area contributed by atoms with Gasteiger partial charge in [-0.2, -0.15) is 0 Å². The molecule has 126 valence electrons. The van der Waals surface area contributed by atoms with E-state index in [9.17, 15) is 0 Å². The number of anilines is 3. The quantitative estimate of drug-likeness (QED) is 0.825. The molecule has 0 aromatic heterocycles. The Morgan fingerprint density at radius 2 is 1.50 bits per heavy atom. The van der Waals surface area contributed by atoms with Crippen LogP contribution in [0.15, 0.2) is 48.5 Å². The molecule has 0 aliphatic carbocycles. The Labute approximate surface area is 148 Å². The van der Waals surface area contributed by atoms with E-state index in [1.165, 1.54) is 11.3 Å². The molecule has 2 aromatic carbocycles. The highest BCUT2D eigenvalue weighted by Gasteiger charge is 2.10. The number of nitrogens with zero attached hydrogens (tertiary/aromatic N) is 1. The van der Waals surface area contributed by atoms with Crippen molar-refractivity contribution in [3.8, 4) is 0 Å². The minimum atomic E-state index is 0.596. The number of nitrogens with one attached hydrogen (secondary N) is 2. The fraction of sp³-hybridized carbons (Fsp3) is 0.316. The average molecular weight is 341 g/mol. The molecule has 2 aromatic rings. The van der Waals surface area contributed by atoms with E-state index in [0.717, 1.165) is 44.1 Å². The minimum Gasteiger partial charge on any atom is -0.378 e. The fourth-order valence-corrected chi connectivity index (χ4v) is 2.93. The highest BCUT2D eigenvalue weighted by atomic mass is 32.1. The zero-order valence-corrected chi connectivity index (χ0v) is 14.7. The van der Waals surface area contributed by atoms with E-state index in [2.05, 4.69) is 58.9 Å². The molecule has 0 bridgehead atoms. The molecule has 1 saturated heterocycles. The summed E-state index contributed by atoms with van der Waals surface area (Å²) >= 11 is 5.39. The first-order chi connectivity index (χ1) is 11.7. The molecular weight excluding hydrogens is 318 g/mol. The van der Waals surface area contributed by atoms with Crippen LogP contribution in [0.25, 0.3) is 0 Å². The maximum absolute atomic E-state index is 5.39. The van der Waals surface area contributed by atoms with E-state index in [4.69, 9.17) is 17.0 Å². The van der Waals surface area contributed by atoms with Crippen LogP contribution in [0, 0.1) is 0 Å². The average Bonchev–Trinajstić information content (AvgIpc) is 2.64. The molecule has 24 heavy (non-hydrogen) atoms. The lowest BCUT2D eigenvalue weighted by atomic mass is 10.1. The molecule has 5 heteroatoms. The molecule has 1 aliphatic rings. The summed E-state index contributed by atoms with van der Waals surface area (Å²) in [6.07, 6.45) is 1.04. The van der Waals surface area contributed by atoms with E-state index >= 15 is 0 Å². The second-order valence-electron chi connectivity index (χ2n) is 5.78. The van der Waals surface area contributed by atoms with Gasteiger partial charge in [0.25, 0.3) is 0 Å². The standard InChI is InChI=1S/C19H23N3OS/c1-2-15-3-5-16(6-4-15)20-19(24)21-17-7-9-18(10-8-17)22-11-13-23-14-12-22/h3-10H,2,11-14H2,1H3,(H2,20,21,24). The maximum Gasteiger partial charge on any atom is 0.175 e. The highest BCUT2D eigenvalue weighted by molar-refractivity contribution is 7.80. The second-order valence-corrected chi connectivity index (χ2v) is 6.18. The van der Waals surface area contributed by atoms with Crippen molar-refractivity contribution in [2.45, 2.75) is 13.3 Å². The zero-order chi connectivity index (χ0) is 16.8. The number of morpholine rings is 1. The van der Waals surface area contributed by atoms with E-state index in [1.54, 1.807) is 0 Å². The number of aryl methyl sites for hydroxylation is 1. The Bertz CT molecular complexity index is 664. The molecule has 0 unspecified atom stereocenters. The predicted octanol–water partition coefficient (Wildman–Crippen LogP) is 3.89. The number of rotatable bonds is 4. The minimum absolute atomic E-state index is 0.596. The normalized spacial score (nSPS) is 14.3. The van der Waals surface area contributed by atoms with E-state index in [-0.39, 0.29) is 0 Å². The van der Waals surface area contributed by atoms with Crippen LogP contribution in [0.4, 0.5) is 17.1 Å². The van der Waals surface area contributed by atoms with Gasteiger partial charge in [0.2, 0.25) is 0 Å². The molecule has 0 atom stereocenters. The molecule has 2 N–H and O–H groups in total. The van der Waals surface area contributed by atoms with Crippen molar-refractivity contribution in [1.82, 2.24) is 0 Å². The first-order valence-electron chi connectivity index (χ1n) is 8.34. The number of hydrogen-bond donors (Lipinski definition) is 2. The molecule has 3 rings (SSSR count). The summed E-state index contributed by atoms with van der Waals surface area (Å²) in [6.45, 7) is 5.63. The summed E-state index contributed by atoms with van der Waals surface area (Å²) in [5, 5.41) is 7.04. The van der Waals surface area contributed by atoms with Crippen molar-refractivity contribution < 1.29 is 4.74 Å². The summed E-state index contributed by atoms with van der Waals surface area (Å²) in [6, 6.07) is 16.7. The number of thiocarbonyl (C=S) groups is 1. The monoisotopic (exact) mass is 341 g/mol. The van der Waals surface area contributed by atoms with Crippen LogP contribution in [0.1, 0.15) is 12.5 Å². The Morgan fingerprint density at radius 3 is 2.04 bits per heavy atom. The van der Waals surface area contributed by atoms with Crippen molar-refractivity contribution in [1.29, 1.82) is 0 Å². The predicted molar refractivity (Wildman–Crippen MR) is 105 cm³/mol. The maximum atomic E-state index is 5.39. The molecule has 0 amide bonds. The van der Waals surface area contributed by atoms with Gasteiger partial charge >= 0.3 is 0 Å². The molecule has 0 spiro atoms. The smallest absolute Gasteiger partial charge is 0.175 e. The van der Waals surface area contributed by atoms with Gasteiger partial charge in [0, 0.05) is 30.2 Å². The lowest BCUT2D eigenvalue weighted by Gasteiger charge is -2.29. The van der Waals surface area contributed by atoms with Crippen LogP contribution in [0.3, 0.4) is 0 Å². The molecule has 1 aliphatic heterocycles. The van der Waals surface area contributed by atoms with Gasteiger partial charge in [0.15, 0.2) is 5.11 Å². The van der Waals surface area contributed by atoms with Crippen molar-refractivity contribution in [2.24, 2.45) is 0 Å². The molecule has 1 fully saturated rings. The molecule has 0 radical (unpaired) electrons. The van der Waals surface area contributed by atoms with Crippen molar-refractivity contribution in [3.63, 3.8) is 0 Å². The van der Waals surface area contributed by atoms with Crippen LogP contribution < -0.4 is 15.5 Å². The third-order valence-electron chi connectivity index (χ3n) is 4.12. The Hall–Kier alpha value is -2.11. The van der Waals surface area contributed by atoms with Gasteiger partial charge in [-0.25, -0.2) is 0 Å². The fourth-order valence-electron chi connectivity index (χ4n) is 2.69. The van der Waals surface area contributed by atoms with Crippen LogP contribution in [0.5, 0.6) is 0 Å². The molecular formula is C19H23N3OS. The van der Waals surface area contributed by atoms with E-state index < -0.39 is 0 Å².